The molecule has 0 aliphatic rings. The molecule has 0 aliphatic heterocycles. The lowest BCUT2D eigenvalue weighted by Gasteiger charge is -2.09. The molecule has 0 atom stereocenters. The van der Waals surface area contributed by atoms with Crippen molar-refractivity contribution < 1.29 is 4.74 Å². The number of aromatic amines is 1. The SMILES string of the molecule is CC(C)Oc1cccc(/C=N\Nc2nc(C(C)C)cc(=O)[nH]2)c1. The third kappa shape index (κ3) is 5.25. The van der Waals surface area contributed by atoms with Gasteiger partial charge in [-0.3, -0.25) is 9.78 Å². The Morgan fingerprint density at radius 1 is 1.26 bits per heavy atom. The number of hydrogen-bond acceptors (Lipinski definition) is 5. The molecule has 122 valence electrons. The van der Waals surface area contributed by atoms with Crippen molar-refractivity contribution in [1.82, 2.24) is 9.97 Å². The van der Waals surface area contributed by atoms with E-state index in [2.05, 4.69) is 20.5 Å². The van der Waals surface area contributed by atoms with Gasteiger partial charge in [0.05, 0.1) is 18.0 Å². The fourth-order valence-electron chi connectivity index (χ4n) is 1.93. The fraction of sp³-hybridized carbons (Fsp3) is 0.353. The Hall–Kier alpha value is -2.63. The van der Waals surface area contributed by atoms with Crippen molar-refractivity contribution in [2.45, 2.75) is 39.7 Å². The minimum Gasteiger partial charge on any atom is -0.491 e. The zero-order chi connectivity index (χ0) is 16.8. The van der Waals surface area contributed by atoms with E-state index >= 15 is 0 Å². The van der Waals surface area contributed by atoms with E-state index in [9.17, 15) is 4.79 Å². The summed E-state index contributed by atoms with van der Waals surface area (Å²) >= 11 is 0. The van der Waals surface area contributed by atoms with Crippen molar-refractivity contribution in [3.8, 4) is 5.75 Å². The largest absolute Gasteiger partial charge is 0.491 e. The van der Waals surface area contributed by atoms with Gasteiger partial charge in [-0.2, -0.15) is 5.10 Å². The summed E-state index contributed by atoms with van der Waals surface area (Å²) in [4.78, 5) is 18.5. The number of ether oxygens (including phenoxy) is 1. The second kappa shape index (κ2) is 7.58. The molecule has 1 heterocycles. The Morgan fingerprint density at radius 3 is 2.74 bits per heavy atom. The van der Waals surface area contributed by atoms with Gasteiger partial charge in [0.15, 0.2) is 0 Å². The van der Waals surface area contributed by atoms with Gasteiger partial charge < -0.3 is 4.74 Å². The molecule has 2 N–H and O–H groups in total. The highest BCUT2D eigenvalue weighted by Crippen LogP contribution is 2.14. The second-order valence-corrected chi connectivity index (χ2v) is 5.78. The summed E-state index contributed by atoms with van der Waals surface area (Å²) in [5.41, 5.74) is 4.16. The van der Waals surface area contributed by atoms with Crippen LogP contribution in [0.25, 0.3) is 0 Å². The van der Waals surface area contributed by atoms with Crippen LogP contribution in [0.1, 0.15) is 44.9 Å². The van der Waals surface area contributed by atoms with Crippen molar-refractivity contribution in [1.29, 1.82) is 0 Å². The molecule has 0 aliphatic carbocycles. The number of aromatic nitrogens is 2. The van der Waals surface area contributed by atoms with Gasteiger partial charge in [0.1, 0.15) is 5.75 Å². The van der Waals surface area contributed by atoms with E-state index in [0.717, 1.165) is 17.0 Å². The summed E-state index contributed by atoms with van der Waals surface area (Å²) in [6, 6.07) is 9.10. The summed E-state index contributed by atoms with van der Waals surface area (Å²) in [5.74, 6) is 1.29. The van der Waals surface area contributed by atoms with Gasteiger partial charge in [-0.25, -0.2) is 10.4 Å². The van der Waals surface area contributed by atoms with Crippen LogP contribution in [-0.4, -0.2) is 22.3 Å². The van der Waals surface area contributed by atoms with Gasteiger partial charge in [0.2, 0.25) is 5.95 Å². The first-order valence-corrected chi connectivity index (χ1v) is 7.61. The molecule has 0 unspecified atom stereocenters. The molecule has 23 heavy (non-hydrogen) atoms. The predicted octanol–water partition coefficient (Wildman–Crippen LogP) is 3.13. The minimum absolute atomic E-state index is 0.119. The molecule has 0 fully saturated rings. The van der Waals surface area contributed by atoms with Crippen LogP contribution in [0.3, 0.4) is 0 Å². The summed E-state index contributed by atoms with van der Waals surface area (Å²) in [6.45, 7) is 7.92. The fourth-order valence-corrected chi connectivity index (χ4v) is 1.93. The number of H-pyrrole nitrogens is 1. The zero-order valence-corrected chi connectivity index (χ0v) is 13.8. The van der Waals surface area contributed by atoms with Crippen molar-refractivity contribution in [2.24, 2.45) is 5.10 Å². The number of hydrogen-bond donors (Lipinski definition) is 2. The summed E-state index contributed by atoms with van der Waals surface area (Å²) in [6.07, 6.45) is 1.77. The third-order valence-electron chi connectivity index (χ3n) is 2.97. The smallest absolute Gasteiger partial charge is 0.252 e. The topological polar surface area (TPSA) is 79.4 Å². The molecule has 2 rings (SSSR count). The van der Waals surface area contributed by atoms with E-state index in [4.69, 9.17) is 4.74 Å². The third-order valence-corrected chi connectivity index (χ3v) is 2.97. The summed E-state index contributed by atoms with van der Waals surface area (Å²) in [7, 11) is 0. The molecule has 0 radical (unpaired) electrons. The molecule has 6 heteroatoms. The molecule has 1 aromatic heterocycles. The van der Waals surface area contributed by atoms with E-state index in [1.807, 2.05) is 52.0 Å². The molecular weight excluding hydrogens is 292 g/mol. The lowest BCUT2D eigenvalue weighted by Crippen LogP contribution is -2.12. The van der Waals surface area contributed by atoms with Gasteiger partial charge in [-0.15, -0.1) is 0 Å². The highest BCUT2D eigenvalue weighted by Gasteiger charge is 2.04. The molecule has 0 bridgehead atoms. The van der Waals surface area contributed by atoms with Gasteiger partial charge in [-0.1, -0.05) is 26.0 Å². The molecule has 6 nitrogen and oxygen atoms in total. The number of nitrogens with one attached hydrogen (secondary N) is 2. The standard InChI is InChI=1S/C17H22N4O2/c1-11(2)15-9-16(22)20-17(19-15)21-18-10-13-6-5-7-14(8-13)23-12(3)4/h5-12H,1-4H3,(H2,19,20,21,22)/b18-10-. The highest BCUT2D eigenvalue weighted by atomic mass is 16.5. The lowest BCUT2D eigenvalue weighted by atomic mass is 10.1. The molecular formula is C17H22N4O2. The number of anilines is 1. The molecule has 0 amide bonds. The monoisotopic (exact) mass is 314 g/mol. The van der Waals surface area contributed by atoms with Crippen LogP contribution in [-0.2, 0) is 0 Å². The minimum atomic E-state index is -0.200. The molecule has 0 spiro atoms. The van der Waals surface area contributed by atoms with Crippen LogP contribution in [0.15, 0.2) is 40.2 Å². The number of hydrazone groups is 1. The number of rotatable bonds is 6. The number of benzene rings is 1. The van der Waals surface area contributed by atoms with Crippen molar-refractivity contribution in [3.63, 3.8) is 0 Å². The Balaban J connectivity index is 2.08. The Kier molecular flexibility index (Phi) is 5.51. The van der Waals surface area contributed by atoms with Gasteiger partial charge >= 0.3 is 0 Å². The molecule has 0 saturated heterocycles. The average molecular weight is 314 g/mol. The second-order valence-electron chi connectivity index (χ2n) is 5.78. The van der Waals surface area contributed by atoms with E-state index in [-0.39, 0.29) is 17.6 Å². The van der Waals surface area contributed by atoms with Crippen molar-refractivity contribution in [3.05, 3.63) is 51.9 Å². The van der Waals surface area contributed by atoms with Crippen LogP contribution < -0.4 is 15.7 Å². The van der Waals surface area contributed by atoms with Crippen LogP contribution in [0.5, 0.6) is 5.75 Å². The first kappa shape index (κ1) is 16.7. The average Bonchev–Trinajstić information content (AvgIpc) is 2.46. The van der Waals surface area contributed by atoms with E-state index in [0.29, 0.717) is 5.95 Å². The van der Waals surface area contributed by atoms with Gasteiger partial charge in [0, 0.05) is 6.07 Å². The Bertz CT molecular complexity index is 735. The Morgan fingerprint density at radius 2 is 2.04 bits per heavy atom. The maximum Gasteiger partial charge on any atom is 0.252 e. The Labute approximate surface area is 135 Å². The van der Waals surface area contributed by atoms with E-state index in [1.54, 1.807) is 6.21 Å². The van der Waals surface area contributed by atoms with Crippen molar-refractivity contribution in [2.75, 3.05) is 5.43 Å². The highest BCUT2D eigenvalue weighted by molar-refractivity contribution is 5.80. The molecule has 0 saturated carbocycles. The maximum atomic E-state index is 11.6. The van der Waals surface area contributed by atoms with Crippen molar-refractivity contribution >= 4 is 12.2 Å². The first-order chi connectivity index (χ1) is 10.9. The quantitative estimate of drug-likeness (QED) is 0.634. The normalized spacial score (nSPS) is 11.4. The first-order valence-electron chi connectivity index (χ1n) is 7.61. The van der Waals surface area contributed by atoms with Crippen LogP contribution in [0.4, 0.5) is 5.95 Å². The van der Waals surface area contributed by atoms with Gasteiger partial charge in [0.25, 0.3) is 5.56 Å². The van der Waals surface area contributed by atoms with E-state index in [1.165, 1.54) is 6.07 Å². The van der Waals surface area contributed by atoms with Gasteiger partial charge in [-0.05, 0) is 37.5 Å². The van der Waals surface area contributed by atoms with Crippen LogP contribution in [0.2, 0.25) is 0 Å². The lowest BCUT2D eigenvalue weighted by molar-refractivity contribution is 0.242. The number of nitrogens with zero attached hydrogens (tertiary/aromatic N) is 2. The van der Waals surface area contributed by atoms with Crippen LogP contribution in [0, 0.1) is 0 Å². The van der Waals surface area contributed by atoms with E-state index < -0.39 is 0 Å². The molecule has 1 aromatic carbocycles. The summed E-state index contributed by atoms with van der Waals surface area (Å²) < 4.78 is 5.64. The summed E-state index contributed by atoms with van der Waals surface area (Å²) in [5, 5.41) is 4.11. The molecule has 2 aromatic rings. The predicted molar refractivity (Wildman–Crippen MR) is 92.4 cm³/mol. The van der Waals surface area contributed by atoms with Crippen LogP contribution >= 0.6 is 0 Å². The maximum absolute atomic E-state index is 11.6. The zero-order valence-electron chi connectivity index (χ0n) is 13.8.